The number of carbonyl (C=O) groups excluding carboxylic acids is 1. The molecule has 1 amide bonds. The topological polar surface area (TPSA) is 62.2 Å². The average molecular weight is 328 g/mol. The van der Waals surface area contributed by atoms with Crippen LogP contribution in [0.4, 0.5) is 8.78 Å². The third-order valence-electron chi connectivity index (χ3n) is 2.69. The SMILES string of the molecule is C=C/C(O)=C(\C=C(/C)NC(=O)c1cnc(CC)s1)C(C)(F)F. The average Bonchev–Trinajstić information content (AvgIpc) is 2.91. The maximum Gasteiger partial charge on any atom is 0.274 e. The first-order valence-corrected chi connectivity index (χ1v) is 7.39. The van der Waals surface area contributed by atoms with Gasteiger partial charge in [0.05, 0.1) is 16.8 Å². The second-order valence-corrected chi connectivity index (χ2v) is 5.76. The number of hydrogen-bond acceptors (Lipinski definition) is 4. The zero-order chi connectivity index (χ0) is 16.9. The Hall–Kier alpha value is -2.02. The van der Waals surface area contributed by atoms with Crippen LogP contribution in [0.15, 0.2) is 42.0 Å². The zero-order valence-electron chi connectivity index (χ0n) is 12.6. The van der Waals surface area contributed by atoms with E-state index in [2.05, 4.69) is 16.9 Å². The molecule has 0 aliphatic heterocycles. The van der Waals surface area contributed by atoms with E-state index in [0.717, 1.165) is 23.6 Å². The summed E-state index contributed by atoms with van der Waals surface area (Å²) in [5.74, 6) is -4.32. The van der Waals surface area contributed by atoms with Gasteiger partial charge in [-0.2, -0.15) is 0 Å². The fraction of sp³-hybridized carbons (Fsp3) is 0.333. The van der Waals surface area contributed by atoms with Crippen LogP contribution in [0.25, 0.3) is 0 Å². The number of carbonyl (C=O) groups is 1. The van der Waals surface area contributed by atoms with Crippen molar-refractivity contribution in [3.8, 4) is 0 Å². The lowest BCUT2D eigenvalue weighted by atomic mass is 10.1. The summed E-state index contributed by atoms with van der Waals surface area (Å²) < 4.78 is 26.9. The molecule has 0 radical (unpaired) electrons. The number of thiazole rings is 1. The van der Waals surface area contributed by atoms with Gasteiger partial charge in [0.15, 0.2) is 0 Å². The second-order valence-electron chi connectivity index (χ2n) is 4.64. The third-order valence-corrected chi connectivity index (χ3v) is 3.83. The molecule has 0 spiro atoms. The van der Waals surface area contributed by atoms with E-state index >= 15 is 0 Å². The Labute approximate surface area is 131 Å². The highest BCUT2D eigenvalue weighted by Crippen LogP contribution is 2.27. The van der Waals surface area contributed by atoms with Crippen LogP contribution in [0, 0.1) is 0 Å². The van der Waals surface area contributed by atoms with Crippen LogP contribution in [0.1, 0.15) is 35.5 Å². The van der Waals surface area contributed by atoms with Gasteiger partial charge >= 0.3 is 0 Å². The molecule has 22 heavy (non-hydrogen) atoms. The molecular weight excluding hydrogens is 310 g/mol. The van der Waals surface area contributed by atoms with E-state index in [9.17, 15) is 18.7 Å². The minimum absolute atomic E-state index is 0.182. The van der Waals surface area contributed by atoms with Crippen molar-refractivity contribution in [3.05, 3.63) is 51.8 Å². The number of rotatable bonds is 6. The van der Waals surface area contributed by atoms with Crippen LogP contribution in [0.2, 0.25) is 0 Å². The van der Waals surface area contributed by atoms with Gasteiger partial charge in [0.2, 0.25) is 0 Å². The van der Waals surface area contributed by atoms with Crippen LogP contribution in [-0.4, -0.2) is 21.9 Å². The molecule has 4 nitrogen and oxygen atoms in total. The number of aryl methyl sites for hydroxylation is 1. The number of aliphatic hydroxyl groups is 1. The van der Waals surface area contributed by atoms with Crippen molar-refractivity contribution in [3.63, 3.8) is 0 Å². The van der Waals surface area contributed by atoms with Crippen LogP contribution in [0.5, 0.6) is 0 Å². The van der Waals surface area contributed by atoms with E-state index in [1.54, 1.807) is 0 Å². The summed E-state index contributed by atoms with van der Waals surface area (Å²) in [6.07, 6.45) is 4.11. The van der Waals surface area contributed by atoms with Gasteiger partial charge in [-0.25, -0.2) is 13.8 Å². The van der Waals surface area contributed by atoms with E-state index in [1.807, 2.05) is 6.92 Å². The monoisotopic (exact) mass is 328 g/mol. The molecule has 1 aromatic rings. The Balaban J connectivity index is 2.97. The second kappa shape index (κ2) is 7.31. The number of alkyl halides is 2. The standard InChI is InChI=1S/C15H18F2N2O2S/c1-5-11(20)10(15(4,16)17)7-9(3)19-14(21)12-8-18-13(6-2)22-12/h5,7-8,20H,1,6H2,2-4H3,(H,19,21)/b9-7+,11-10-. The molecule has 0 bridgehead atoms. The fourth-order valence-electron chi connectivity index (χ4n) is 1.61. The van der Waals surface area contributed by atoms with Gasteiger partial charge in [0.25, 0.3) is 11.8 Å². The van der Waals surface area contributed by atoms with E-state index in [1.165, 1.54) is 24.5 Å². The summed E-state index contributed by atoms with van der Waals surface area (Å²) in [6.45, 7) is 7.30. The van der Waals surface area contributed by atoms with E-state index < -0.39 is 23.2 Å². The Bertz CT molecular complexity index is 628. The van der Waals surface area contributed by atoms with E-state index in [4.69, 9.17) is 0 Å². The highest BCUT2D eigenvalue weighted by atomic mass is 32.1. The lowest BCUT2D eigenvalue weighted by Gasteiger charge is -2.14. The number of nitrogens with one attached hydrogen (secondary N) is 1. The van der Waals surface area contributed by atoms with Crippen LogP contribution in [-0.2, 0) is 6.42 Å². The third kappa shape index (κ3) is 4.77. The first-order valence-electron chi connectivity index (χ1n) is 6.57. The molecule has 0 unspecified atom stereocenters. The number of amides is 1. The highest BCUT2D eigenvalue weighted by Gasteiger charge is 2.29. The molecule has 0 saturated heterocycles. The van der Waals surface area contributed by atoms with Crippen molar-refractivity contribution in [1.82, 2.24) is 10.3 Å². The quantitative estimate of drug-likeness (QED) is 0.613. The minimum Gasteiger partial charge on any atom is -0.507 e. The number of aromatic nitrogens is 1. The molecule has 0 aliphatic carbocycles. The lowest BCUT2D eigenvalue weighted by molar-refractivity contribution is 0.0631. The van der Waals surface area contributed by atoms with E-state index in [-0.39, 0.29) is 5.70 Å². The molecule has 120 valence electrons. The number of hydrogen-bond donors (Lipinski definition) is 2. The molecule has 0 aliphatic rings. The summed E-state index contributed by atoms with van der Waals surface area (Å²) in [6, 6.07) is 0. The number of nitrogens with zero attached hydrogens (tertiary/aromatic N) is 1. The van der Waals surface area contributed by atoms with Gasteiger partial charge < -0.3 is 10.4 Å². The van der Waals surface area contributed by atoms with Gasteiger partial charge in [-0.15, -0.1) is 11.3 Å². The summed E-state index contributed by atoms with van der Waals surface area (Å²) >= 11 is 1.24. The van der Waals surface area contributed by atoms with Crippen molar-refractivity contribution in [1.29, 1.82) is 0 Å². The first kappa shape index (κ1) is 18.0. The Morgan fingerprint density at radius 2 is 2.23 bits per heavy atom. The largest absolute Gasteiger partial charge is 0.507 e. The molecule has 0 atom stereocenters. The smallest absolute Gasteiger partial charge is 0.274 e. The van der Waals surface area contributed by atoms with E-state index in [0.29, 0.717) is 11.8 Å². The van der Waals surface area contributed by atoms with Gasteiger partial charge in [0, 0.05) is 12.6 Å². The molecule has 1 rings (SSSR count). The predicted octanol–water partition coefficient (Wildman–Crippen LogP) is 3.99. The Morgan fingerprint density at radius 3 is 2.68 bits per heavy atom. The minimum atomic E-state index is -3.26. The molecule has 0 fully saturated rings. The highest BCUT2D eigenvalue weighted by molar-refractivity contribution is 7.13. The van der Waals surface area contributed by atoms with Gasteiger partial charge in [-0.1, -0.05) is 13.5 Å². The molecule has 0 saturated carbocycles. The number of aliphatic hydroxyl groups excluding tert-OH is 1. The van der Waals surface area contributed by atoms with Crippen LogP contribution >= 0.6 is 11.3 Å². The zero-order valence-corrected chi connectivity index (χ0v) is 13.4. The predicted molar refractivity (Wildman–Crippen MR) is 83.2 cm³/mol. The molecule has 7 heteroatoms. The molecular formula is C15H18F2N2O2S. The normalized spacial score (nSPS) is 13.6. The Morgan fingerprint density at radius 1 is 1.59 bits per heavy atom. The molecule has 1 aromatic heterocycles. The maximum absolute atomic E-state index is 13.5. The van der Waals surface area contributed by atoms with Crippen molar-refractivity contribution >= 4 is 17.2 Å². The van der Waals surface area contributed by atoms with Gasteiger partial charge in [-0.3, -0.25) is 4.79 Å². The van der Waals surface area contributed by atoms with Crippen molar-refractivity contribution in [2.24, 2.45) is 0 Å². The molecule has 0 aromatic carbocycles. The van der Waals surface area contributed by atoms with Crippen molar-refractivity contribution in [2.75, 3.05) is 0 Å². The number of allylic oxidation sites excluding steroid dienone is 4. The summed E-state index contributed by atoms with van der Waals surface area (Å²) in [4.78, 5) is 16.4. The summed E-state index contributed by atoms with van der Waals surface area (Å²) in [5, 5.41) is 12.8. The van der Waals surface area contributed by atoms with Crippen molar-refractivity contribution in [2.45, 2.75) is 33.1 Å². The number of halogens is 2. The maximum atomic E-state index is 13.5. The molecule has 2 N–H and O–H groups in total. The van der Waals surface area contributed by atoms with Crippen LogP contribution in [0.3, 0.4) is 0 Å². The lowest BCUT2D eigenvalue weighted by Crippen LogP contribution is -2.22. The summed E-state index contributed by atoms with van der Waals surface area (Å²) in [5.41, 5.74) is -0.430. The van der Waals surface area contributed by atoms with Crippen LogP contribution < -0.4 is 5.32 Å². The first-order chi connectivity index (χ1) is 10.2. The van der Waals surface area contributed by atoms with Gasteiger partial charge in [0.1, 0.15) is 10.6 Å². The Kier molecular flexibility index (Phi) is 5.99. The fourth-order valence-corrected chi connectivity index (χ4v) is 2.36. The summed E-state index contributed by atoms with van der Waals surface area (Å²) in [7, 11) is 0. The van der Waals surface area contributed by atoms with Crippen molar-refractivity contribution < 1.29 is 18.7 Å². The molecule has 1 heterocycles. The van der Waals surface area contributed by atoms with Gasteiger partial charge in [-0.05, 0) is 25.5 Å².